The molecule has 1 aliphatic carbocycles. The minimum atomic E-state index is 0.228. The number of rotatable bonds is 6. The van der Waals surface area contributed by atoms with Gasteiger partial charge in [0.05, 0.1) is 0 Å². The number of nitrogens with zero attached hydrogens (tertiary/aromatic N) is 2. The first-order chi connectivity index (χ1) is 8.65. The summed E-state index contributed by atoms with van der Waals surface area (Å²) < 4.78 is 0. The summed E-state index contributed by atoms with van der Waals surface area (Å²) in [6, 6.07) is 2.01. The molecule has 0 bridgehead atoms. The summed E-state index contributed by atoms with van der Waals surface area (Å²) in [5.41, 5.74) is 0.228. The summed E-state index contributed by atoms with van der Waals surface area (Å²) in [4.78, 5) is 8.99. The maximum atomic E-state index is 4.53. The van der Waals surface area contributed by atoms with Crippen LogP contribution in [0.5, 0.6) is 0 Å². The van der Waals surface area contributed by atoms with Crippen LogP contribution in [0.2, 0.25) is 0 Å². The zero-order chi connectivity index (χ0) is 13.0. The SMILES string of the molecule is CCCNc1cc(NC2(C)CCC2)nc(SC)n1. The number of thioether (sulfide) groups is 1. The van der Waals surface area contributed by atoms with E-state index in [0.29, 0.717) is 0 Å². The Bertz CT molecular complexity index is 404. The number of nitrogens with one attached hydrogen (secondary N) is 2. The van der Waals surface area contributed by atoms with Gasteiger partial charge in [0.15, 0.2) is 5.16 Å². The van der Waals surface area contributed by atoms with Crippen molar-refractivity contribution in [1.29, 1.82) is 0 Å². The second-order valence-corrected chi connectivity index (χ2v) is 5.86. The summed E-state index contributed by atoms with van der Waals surface area (Å²) in [6.07, 6.45) is 6.87. The Morgan fingerprint density at radius 3 is 2.61 bits per heavy atom. The van der Waals surface area contributed by atoms with Crippen molar-refractivity contribution in [1.82, 2.24) is 9.97 Å². The fourth-order valence-corrected chi connectivity index (χ4v) is 2.44. The largest absolute Gasteiger partial charge is 0.370 e. The van der Waals surface area contributed by atoms with Gasteiger partial charge in [-0.25, -0.2) is 9.97 Å². The molecule has 1 aliphatic rings. The molecule has 4 nitrogen and oxygen atoms in total. The van der Waals surface area contributed by atoms with Crippen LogP contribution in [0, 0.1) is 0 Å². The lowest BCUT2D eigenvalue weighted by Crippen LogP contribution is -2.41. The molecule has 0 amide bonds. The number of hydrogen-bond acceptors (Lipinski definition) is 5. The summed E-state index contributed by atoms with van der Waals surface area (Å²) in [5.74, 6) is 1.86. The highest BCUT2D eigenvalue weighted by Gasteiger charge is 2.31. The van der Waals surface area contributed by atoms with Gasteiger partial charge in [-0.15, -0.1) is 0 Å². The average molecular weight is 266 g/mol. The van der Waals surface area contributed by atoms with Crippen LogP contribution < -0.4 is 10.6 Å². The van der Waals surface area contributed by atoms with Gasteiger partial charge in [-0.05, 0) is 38.9 Å². The maximum Gasteiger partial charge on any atom is 0.191 e. The van der Waals surface area contributed by atoms with E-state index in [4.69, 9.17) is 0 Å². The maximum absolute atomic E-state index is 4.53. The van der Waals surface area contributed by atoms with Crippen LogP contribution in [-0.2, 0) is 0 Å². The molecule has 18 heavy (non-hydrogen) atoms. The highest BCUT2D eigenvalue weighted by Crippen LogP contribution is 2.34. The van der Waals surface area contributed by atoms with Crippen molar-refractivity contribution in [2.75, 3.05) is 23.4 Å². The first kappa shape index (κ1) is 13.5. The molecule has 0 aromatic carbocycles. The molecule has 0 aliphatic heterocycles. The molecule has 2 N–H and O–H groups in total. The molecule has 2 rings (SSSR count). The van der Waals surface area contributed by atoms with Gasteiger partial charge in [0.2, 0.25) is 0 Å². The zero-order valence-electron chi connectivity index (χ0n) is 11.4. The zero-order valence-corrected chi connectivity index (χ0v) is 12.2. The van der Waals surface area contributed by atoms with E-state index < -0.39 is 0 Å². The molecule has 1 aromatic heterocycles. The predicted octanol–water partition coefficient (Wildman–Crippen LogP) is 3.37. The van der Waals surface area contributed by atoms with Crippen molar-refractivity contribution in [2.45, 2.75) is 50.2 Å². The molecule has 0 radical (unpaired) electrons. The lowest BCUT2D eigenvalue weighted by Gasteiger charge is -2.39. The number of aromatic nitrogens is 2. The van der Waals surface area contributed by atoms with Crippen LogP contribution in [0.15, 0.2) is 11.2 Å². The van der Waals surface area contributed by atoms with Crippen LogP contribution in [-0.4, -0.2) is 28.3 Å². The normalized spacial score (nSPS) is 17.1. The smallest absolute Gasteiger partial charge is 0.191 e. The number of hydrogen-bond donors (Lipinski definition) is 2. The fraction of sp³-hybridized carbons (Fsp3) is 0.692. The summed E-state index contributed by atoms with van der Waals surface area (Å²) in [7, 11) is 0. The van der Waals surface area contributed by atoms with E-state index >= 15 is 0 Å². The molecule has 0 unspecified atom stereocenters. The third-order valence-electron chi connectivity index (χ3n) is 3.33. The fourth-order valence-electron chi connectivity index (χ4n) is 2.07. The van der Waals surface area contributed by atoms with Crippen molar-refractivity contribution < 1.29 is 0 Å². The average Bonchev–Trinajstić information content (AvgIpc) is 2.34. The Morgan fingerprint density at radius 1 is 1.33 bits per heavy atom. The Morgan fingerprint density at radius 2 is 2.06 bits per heavy atom. The van der Waals surface area contributed by atoms with E-state index in [9.17, 15) is 0 Å². The van der Waals surface area contributed by atoms with Gasteiger partial charge in [-0.2, -0.15) is 0 Å². The van der Waals surface area contributed by atoms with Crippen LogP contribution in [0.3, 0.4) is 0 Å². The van der Waals surface area contributed by atoms with E-state index in [0.717, 1.165) is 29.8 Å². The first-order valence-electron chi connectivity index (χ1n) is 6.60. The van der Waals surface area contributed by atoms with E-state index in [1.807, 2.05) is 12.3 Å². The molecule has 1 saturated carbocycles. The second kappa shape index (κ2) is 5.78. The summed E-state index contributed by atoms with van der Waals surface area (Å²) >= 11 is 1.58. The lowest BCUT2D eigenvalue weighted by molar-refractivity contribution is 0.305. The molecule has 5 heteroatoms. The molecule has 1 heterocycles. The summed E-state index contributed by atoms with van der Waals surface area (Å²) in [5, 5.41) is 7.69. The van der Waals surface area contributed by atoms with Gasteiger partial charge < -0.3 is 10.6 Å². The minimum Gasteiger partial charge on any atom is -0.370 e. The topological polar surface area (TPSA) is 49.8 Å². The van der Waals surface area contributed by atoms with Crippen LogP contribution in [0.25, 0.3) is 0 Å². The van der Waals surface area contributed by atoms with Gasteiger partial charge in [0, 0.05) is 18.2 Å². The third-order valence-corrected chi connectivity index (χ3v) is 3.88. The van der Waals surface area contributed by atoms with E-state index in [1.165, 1.54) is 19.3 Å². The van der Waals surface area contributed by atoms with Gasteiger partial charge >= 0.3 is 0 Å². The second-order valence-electron chi connectivity index (χ2n) is 5.09. The highest BCUT2D eigenvalue weighted by molar-refractivity contribution is 7.98. The molecule has 0 saturated heterocycles. The monoisotopic (exact) mass is 266 g/mol. The van der Waals surface area contributed by atoms with Crippen LogP contribution in [0.1, 0.15) is 39.5 Å². The van der Waals surface area contributed by atoms with Crippen LogP contribution >= 0.6 is 11.8 Å². The summed E-state index contributed by atoms with van der Waals surface area (Å²) in [6.45, 7) is 5.36. The van der Waals surface area contributed by atoms with Crippen molar-refractivity contribution >= 4 is 23.4 Å². The van der Waals surface area contributed by atoms with E-state index in [-0.39, 0.29) is 5.54 Å². The molecule has 0 atom stereocenters. The van der Waals surface area contributed by atoms with Crippen molar-refractivity contribution in [3.05, 3.63) is 6.07 Å². The minimum absolute atomic E-state index is 0.228. The quantitative estimate of drug-likeness (QED) is 0.610. The third kappa shape index (κ3) is 3.28. The van der Waals surface area contributed by atoms with Gasteiger partial charge in [0.1, 0.15) is 11.6 Å². The standard InChI is InChI=1S/C13H22N4S/c1-4-8-14-10-9-11(16-12(15-10)18-3)17-13(2)6-5-7-13/h9H,4-8H2,1-3H3,(H2,14,15,16,17). The molecule has 0 spiro atoms. The van der Waals surface area contributed by atoms with Crippen molar-refractivity contribution in [2.24, 2.45) is 0 Å². The van der Waals surface area contributed by atoms with Crippen molar-refractivity contribution in [3.63, 3.8) is 0 Å². The first-order valence-corrected chi connectivity index (χ1v) is 7.83. The molecular formula is C13H22N4S. The molecule has 100 valence electrons. The van der Waals surface area contributed by atoms with E-state index in [2.05, 4.69) is 34.4 Å². The molecule has 1 aromatic rings. The number of anilines is 2. The van der Waals surface area contributed by atoms with Gasteiger partial charge in [-0.1, -0.05) is 18.7 Å². The Labute approximate surface area is 113 Å². The lowest BCUT2D eigenvalue weighted by atomic mass is 9.78. The van der Waals surface area contributed by atoms with E-state index in [1.54, 1.807) is 11.8 Å². The van der Waals surface area contributed by atoms with Gasteiger partial charge in [0.25, 0.3) is 0 Å². The Balaban J connectivity index is 2.12. The van der Waals surface area contributed by atoms with Gasteiger partial charge in [-0.3, -0.25) is 0 Å². The van der Waals surface area contributed by atoms with Crippen LogP contribution in [0.4, 0.5) is 11.6 Å². The Kier molecular flexibility index (Phi) is 4.32. The van der Waals surface area contributed by atoms with Crippen molar-refractivity contribution in [3.8, 4) is 0 Å². The molecular weight excluding hydrogens is 244 g/mol. The Hall–Kier alpha value is -0.970. The predicted molar refractivity (Wildman–Crippen MR) is 78.5 cm³/mol. The highest BCUT2D eigenvalue weighted by atomic mass is 32.2. The molecule has 1 fully saturated rings.